The molecule has 1 saturated heterocycles. The fraction of sp³-hybridized carbons (Fsp3) is 0.455. The van der Waals surface area contributed by atoms with Crippen molar-refractivity contribution in [2.45, 2.75) is 12.3 Å². The molecule has 0 aromatic carbocycles. The molecule has 0 amide bonds. The predicted octanol–water partition coefficient (Wildman–Crippen LogP) is 1.81. The smallest absolute Gasteiger partial charge is 0.409 e. The predicted molar refractivity (Wildman–Crippen MR) is 72.3 cm³/mol. The number of alkyl halides is 3. The van der Waals surface area contributed by atoms with Crippen LogP contribution < -0.4 is 10.6 Å². The number of hydrogen-bond acceptors (Lipinski definition) is 5. The van der Waals surface area contributed by atoms with Crippen molar-refractivity contribution in [3.8, 4) is 0 Å². The summed E-state index contributed by atoms with van der Waals surface area (Å²) in [5.41, 5.74) is 4.58. The summed E-state index contributed by atoms with van der Waals surface area (Å²) in [6, 6.07) is 0.969. The van der Waals surface area contributed by atoms with Gasteiger partial charge < -0.3 is 20.6 Å². The van der Waals surface area contributed by atoms with Crippen LogP contribution in [0.5, 0.6) is 0 Å². The van der Waals surface area contributed by atoms with Gasteiger partial charge in [0.15, 0.2) is 5.84 Å². The highest BCUT2D eigenvalue weighted by atomic mass is 79.9. The van der Waals surface area contributed by atoms with Gasteiger partial charge in [-0.1, -0.05) is 5.16 Å². The SMILES string of the molecule is NC(=NO)C1CN(c2ncc(Br)cc2C(F)(F)F)CCO1. The normalized spacial score (nSPS) is 20.7. The largest absolute Gasteiger partial charge is 0.419 e. The minimum absolute atomic E-state index is 0.0214. The Labute approximate surface area is 126 Å². The van der Waals surface area contributed by atoms with Crippen molar-refractivity contribution in [3.05, 3.63) is 22.3 Å². The number of morpholine rings is 1. The van der Waals surface area contributed by atoms with Crippen LogP contribution in [0.25, 0.3) is 0 Å². The van der Waals surface area contributed by atoms with E-state index in [1.807, 2.05) is 0 Å². The Bertz CT molecular complexity index is 553. The van der Waals surface area contributed by atoms with Crippen LogP contribution in [-0.4, -0.2) is 41.8 Å². The van der Waals surface area contributed by atoms with Crippen molar-refractivity contribution in [1.29, 1.82) is 0 Å². The van der Waals surface area contributed by atoms with Gasteiger partial charge in [-0.15, -0.1) is 0 Å². The third-order valence-electron chi connectivity index (χ3n) is 2.95. The van der Waals surface area contributed by atoms with Crippen LogP contribution in [0.15, 0.2) is 21.9 Å². The van der Waals surface area contributed by atoms with Gasteiger partial charge in [0.1, 0.15) is 11.9 Å². The van der Waals surface area contributed by atoms with Gasteiger partial charge in [0.05, 0.1) is 18.7 Å². The lowest BCUT2D eigenvalue weighted by Crippen LogP contribution is -2.49. The van der Waals surface area contributed by atoms with E-state index in [1.165, 1.54) is 11.1 Å². The van der Waals surface area contributed by atoms with Gasteiger partial charge in [0.2, 0.25) is 0 Å². The Hall–Kier alpha value is -1.55. The Morgan fingerprint density at radius 1 is 1.57 bits per heavy atom. The van der Waals surface area contributed by atoms with Gasteiger partial charge in [-0.3, -0.25) is 0 Å². The van der Waals surface area contributed by atoms with E-state index in [0.717, 1.165) is 6.07 Å². The standard InChI is InChI=1S/C11H12BrF3N4O2/c12-6-3-7(11(13,14)15)10(17-4-6)19-1-2-21-8(5-19)9(16)18-20/h3-4,8,20H,1-2,5H2,(H2,16,18). The number of ether oxygens (including phenoxy) is 1. The molecule has 0 saturated carbocycles. The molecule has 6 nitrogen and oxygen atoms in total. The van der Waals surface area contributed by atoms with Crippen LogP contribution in [0.3, 0.4) is 0 Å². The van der Waals surface area contributed by atoms with Crippen LogP contribution in [-0.2, 0) is 10.9 Å². The summed E-state index contributed by atoms with van der Waals surface area (Å²) < 4.78 is 44.8. The first-order valence-corrected chi connectivity index (χ1v) is 6.69. The summed E-state index contributed by atoms with van der Waals surface area (Å²) in [4.78, 5) is 5.25. The zero-order valence-corrected chi connectivity index (χ0v) is 12.2. The molecule has 10 heteroatoms. The molecule has 116 valence electrons. The summed E-state index contributed by atoms with van der Waals surface area (Å²) in [6.07, 6.45) is -4.02. The molecule has 0 radical (unpaired) electrons. The average molecular weight is 369 g/mol. The number of halogens is 4. The quantitative estimate of drug-likeness (QED) is 0.360. The summed E-state index contributed by atoms with van der Waals surface area (Å²) in [5, 5.41) is 11.4. The summed E-state index contributed by atoms with van der Waals surface area (Å²) in [7, 11) is 0. The maximum atomic E-state index is 13.1. The third-order valence-corrected chi connectivity index (χ3v) is 3.38. The Balaban J connectivity index is 2.33. The average Bonchev–Trinajstić information content (AvgIpc) is 2.45. The second-order valence-corrected chi connectivity index (χ2v) is 5.27. The Morgan fingerprint density at radius 3 is 2.90 bits per heavy atom. The monoisotopic (exact) mass is 368 g/mol. The molecule has 21 heavy (non-hydrogen) atoms. The van der Waals surface area contributed by atoms with Gasteiger partial charge >= 0.3 is 6.18 Å². The van der Waals surface area contributed by atoms with E-state index in [4.69, 9.17) is 15.7 Å². The first-order chi connectivity index (χ1) is 9.82. The fourth-order valence-electron chi connectivity index (χ4n) is 1.98. The van der Waals surface area contributed by atoms with E-state index in [0.29, 0.717) is 0 Å². The van der Waals surface area contributed by atoms with Crippen molar-refractivity contribution in [3.63, 3.8) is 0 Å². The third kappa shape index (κ3) is 3.56. The molecular weight excluding hydrogens is 357 g/mol. The minimum Gasteiger partial charge on any atom is -0.409 e. The molecule has 1 aromatic rings. The fourth-order valence-corrected chi connectivity index (χ4v) is 2.31. The number of nitrogens with two attached hydrogens (primary N) is 1. The van der Waals surface area contributed by atoms with Crippen LogP contribution in [0, 0.1) is 0 Å². The molecule has 2 heterocycles. The van der Waals surface area contributed by atoms with Crippen LogP contribution in [0.1, 0.15) is 5.56 Å². The summed E-state index contributed by atoms with van der Waals surface area (Å²) in [5.74, 6) is -0.393. The number of nitrogens with zero attached hydrogens (tertiary/aromatic N) is 3. The van der Waals surface area contributed by atoms with Gasteiger partial charge in [-0.05, 0) is 22.0 Å². The number of hydrogen-bond donors (Lipinski definition) is 2. The zero-order valence-electron chi connectivity index (χ0n) is 10.6. The summed E-state index contributed by atoms with van der Waals surface area (Å²) >= 11 is 2.98. The molecule has 2 rings (SSSR count). The molecule has 0 aliphatic carbocycles. The van der Waals surface area contributed by atoms with E-state index >= 15 is 0 Å². The number of aromatic nitrogens is 1. The van der Waals surface area contributed by atoms with E-state index in [1.54, 1.807) is 0 Å². The number of rotatable bonds is 2. The van der Waals surface area contributed by atoms with Crippen LogP contribution >= 0.6 is 15.9 Å². The molecule has 1 fully saturated rings. The molecule has 0 bridgehead atoms. The zero-order chi connectivity index (χ0) is 15.6. The van der Waals surface area contributed by atoms with Crippen molar-refractivity contribution < 1.29 is 23.1 Å². The Morgan fingerprint density at radius 2 is 2.29 bits per heavy atom. The van der Waals surface area contributed by atoms with Crippen molar-refractivity contribution >= 4 is 27.6 Å². The van der Waals surface area contributed by atoms with Gasteiger partial charge in [0, 0.05) is 17.2 Å². The number of anilines is 1. The molecule has 1 unspecified atom stereocenters. The number of amidine groups is 1. The molecule has 1 aliphatic rings. The minimum atomic E-state index is -4.53. The maximum absolute atomic E-state index is 13.1. The molecular formula is C11H12BrF3N4O2. The topological polar surface area (TPSA) is 84.0 Å². The lowest BCUT2D eigenvalue weighted by molar-refractivity contribution is -0.137. The van der Waals surface area contributed by atoms with Crippen LogP contribution in [0.4, 0.5) is 19.0 Å². The highest BCUT2D eigenvalue weighted by molar-refractivity contribution is 9.10. The lowest BCUT2D eigenvalue weighted by atomic mass is 10.2. The number of oxime groups is 1. The second kappa shape index (κ2) is 6.06. The van der Waals surface area contributed by atoms with Gasteiger partial charge in [-0.2, -0.15) is 13.2 Å². The first-order valence-electron chi connectivity index (χ1n) is 5.89. The van der Waals surface area contributed by atoms with Crippen molar-refractivity contribution in [2.75, 3.05) is 24.6 Å². The van der Waals surface area contributed by atoms with Crippen molar-refractivity contribution in [1.82, 2.24) is 4.98 Å². The highest BCUT2D eigenvalue weighted by Crippen LogP contribution is 2.37. The maximum Gasteiger partial charge on any atom is 0.419 e. The Kier molecular flexibility index (Phi) is 4.57. The molecule has 1 aromatic heterocycles. The van der Waals surface area contributed by atoms with Gasteiger partial charge in [0.25, 0.3) is 0 Å². The van der Waals surface area contributed by atoms with Crippen molar-refractivity contribution in [2.24, 2.45) is 10.9 Å². The molecule has 3 N–H and O–H groups in total. The number of pyridine rings is 1. The van der Waals surface area contributed by atoms with Crippen LogP contribution in [0.2, 0.25) is 0 Å². The molecule has 1 aliphatic heterocycles. The van der Waals surface area contributed by atoms with E-state index < -0.39 is 17.8 Å². The van der Waals surface area contributed by atoms with E-state index in [-0.39, 0.29) is 35.8 Å². The lowest BCUT2D eigenvalue weighted by Gasteiger charge is -2.34. The summed E-state index contributed by atoms with van der Waals surface area (Å²) in [6.45, 7) is 0.399. The highest BCUT2D eigenvalue weighted by Gasteiger charge is 2.37. The van der Waals surface area contributed by atoms with Gasteiger partial charge in [-0.25, -0.2) is 4.98 Å². The van der Waals surface area contributed by atoms with E-state index in [9.17, 15) is 13.2 Å². The molecule has 1 atom stereocenters. The molecule has 0 spiro atoms. The van der Waals surface area contributed by atoms with E-state index in [2.05, 4.69) is 26.1 Å². The first kappa shape index (κ1) is 15.8. The second-order valence-electron chi connectivity index (χ2n) is 4.35.